The zero-order chi connectivity index (χ0) is 6.85. The first kappa shape index (κ1) is 7.07. The molecule has 0 aromatic rings. The minimum Gasteiger partial charge on any atom is -0.393 e. The Morgan fingerprint density at radius 2 is 2.11 bits per heavy atom. The van der Waals surface area contributed by atoms with Crippen LogP contribution in [0, 0.1) is 11.8 Å². The van der Waals surface area contributed by atoms with Crippen molar-refractivity contribution in [3.63, 3.8) is 0 Å². The monoisotopic (exact) mass is 128 g/mol. The van der Waals surface area contributed by atoms with E-state index in [0.29, 0.717) is 5.92 Å². The first-order valence-electron chi connectivity index (χ1n) is 3.88. The average Bonchev–Trinajstić information content (AvgIpc) is 2.14. The van der Waals surface area contributed by atoms with E-state index in [-0.39, 0.29) is 6.10 Å². The van der Waals surface area contributed by atoms with Crippen molar-refractivity contribution >= 4 is 0 Å². The largest absolute Gasteiger partial charge is 0.393 e. The molecule has 54 valence electrons. The number of hydrogen-bond donors (Lipinski definition) is 1. The summed E-state index contributed by atoms with van der Waals surface area (Å²) >= 11 is 0. The quantitative estimate of drug-likeness (QED) is 0.571. The van der Waals surface area contributed by atoms with E-state index in [1.54, 1.807) is 0 Å². The fourth-order valence-electron chi connectivity index (χ4n) is 1.69. The second kappa shape index (κ2) is 2.70. The van der Waals surface area contributed by atoms with Crippen molar-refractivity contribution in [3.8, 4) is 0 Å². The molecule has 1 aliphatic carbocycles. The Bertz CT molecular complexity index is 88.6. The zero-order valence-corrected chi connectivity index (χ0v) is 6.30. The van der Waals surface area contributed by atoms with E-state index >= 15 is 0 Å². The van der Waals surface area contributed by atoms with Crippen LogP contribution >= 0.6 is 0 Å². The van der Waals surface area contributed by atoms with Crippen molar-refractivity contribution in [3.05, 3.63) is 0 Å². The summed E-state index contributed by atoms with van der Waals surface area (Å²) in [5.74, 6) is 1.45. The summed E-state index contributed by atoms with van der Waals surface area (Å²) in [6.07, 6.45) is 3.71. The highest BCUT2D eigenvalue weighted by Crippen LogP contribution is 2.32. The van der Waals surface area contributed by atoms with Crippen LogP contribution in [0.4, 0.5) is 0 Å². The Balaban J connectivity index is 2.30. The second-order valence-electron chi connectivity index (χ2n) is 3.42. The van der Waals surface area contributed by atoms with Crippen LogP contribution in [0.15, 0.2) is 0 Å². The summed E-state index contributed by atoms with van der Waals surface area (Å²) in [6, 6.07) is 0. The molecule has 0 aromatic carbocycles. The lowest BCUT2D eigenvalue weighted by Gasteiger charge is -2.11. The minimum absolute atomic E-state index is 0.0741. The molecule has 0 radical (unpaired) electrons. The molecule has 1 aliphatic rings. The van der Waals surface area contributed by atoms with Gasteiger partial charge < -0.3 is 5.11 Å². The van der Waals surface area contributed by atoms with Gasteiger partial charge in [-0.3, -0.25) is 0 Å². The molecular formula is C8H16O. The Labute approximate surface area is 57.1 Å². The molecule has 0 bridgehead atoms. The van der Waals surface area contributed by atoms with Gasteiger partial charge in [0.2, 0.25) is 0 Å². The van der Waals surface area contributed by atoms with Crippen molar-refractivity contribution in [1.82, 2.24) is 0 Å². The maximum absolute atomic E-state index is 9.17. The van der Waals surface area contributed by atoms with Crippen LogP contribution < -0.4 is 0 Å². The van der Waals surface area contributed by atoms with Crippen LogP contribution in [-0.4, -0.2) is 11.2 Å². The summed E-state index contributed by atoms with van der Waals surface area (Å²) in [4.78, 5) is 0. The molecule has 1 nitrogen and oxygen atoms in total. The molecule has 0 spiro atoms. The SMILES string of the molecule is CC1CCC(C(C)O)C1. The number of aliphatic hydroxyl groups is 1. The van der Waals surface area contributed by atoms with Gasteiger partial charge in [0, 0.05) is 0 Å². The molecule has 1 fully saturated rings. The van der Waals surface area contributed by atoms with Crippen molar-refractivity contribution < 1.29 is 5.11 Å². The molecule has 3 atom stereocenters. The molecule has 3 unspecified atom stereocenters. The van der Waals surface area contributed by atoms with Gasteiger partial charge in [0.15, 0.2) is 0 Å². The van der Waals surface area contributed by atoms with E-state index in [1.165, 1.54) is 19.3 Å². The van der Waals surface area contributed by atoms with E-state index in [0.717, 1.165) is 5.92 Å². The molecule has 1 saturated carbocycles. The molecule has 1 rings (SSSR count). The van der Waals surface area contributed by atoms with E-state index in [1.807, 2.05) is 6.92 Å². The molecular weight excluding hydrogens is 112 g/mol. The standard InChI is InChI=1S/C8H16O/c1-6-3-4-8(5-6)7(2)9/h6-9H,3-5H2,1-2H3. The summed E-state index contributed by atoms with van der Waals surface area (Å²) < 4.78 is 0. The van der Waals surface area contributed by atoms with Gasteiger partial charge in [-0.25, -0.2) is 0 Å². The number of hydrogen-bond acceptors (Lipinski definition) is 1. The number of rotatable bonds is 1. The van der Waals surface area contributed by atoms with Gasteiger partial charge in [-0.1, -0.05) is 13.3 Å². The van der Waals surface area contributed by atoms with Crippen LogP contribution in [0.3, 0.4) is 0 Å². The van der Waals surface area contributed by atoms with Crippen LogP contribution in [0.5, 0.6) is 0 Å². The average molecular weight is 128 g/mol. The lowest BCUT2D eigenvalue weighted by Crippen LogP contribution is -2.12. The molecule has 1 heteroatoms. The summed E-state index contributed by atoms with van der Waals surface area (Å²) in [5.41, 5.74) is 0. The molecule has 0 aromatic heterocycles. The van der Waals surface area contributed by atoms with Gasteiger partial charge in [0.25, 0.3) is 0 Å². The lowest BCUT2D eigenvalue weighted by atomic mass is 10.0. The van der Waals surface area contributed by atoms with E-state index in [4.69, 9.17) is 5.11 Å². The van der Waals surface area contributed by atoms with E-state index < -0.39 is 0 Å². The van der Waals surface area contributed by atoms with Gasteiger partial charge in [-0.15, -0.1) is 0 Å². The topological polar surface area (TPSA) is 20.2 Å². The maximum Gasteiger partial charge on any atom is 0.0540 e. The number of aliphatic hydroxyl groups excluding tert-OH is 1. The Kier molecular flexibility index (Phi) is 2.12. The third-order valence-electron chi connectivity index (χ3n) is 2.42. The summed E-state index contributed by atoms with van der Waals surface area (Å²) in [6.45, 7) is 4.17. The van der Waals surface area contributed by atoms with Crippen molar-refractivity contribution in [2.45, 2.75) is 39.2 Å². The summed E-state index contributed by atoms with van der Waals surface area (Å²) in [7, 11) is 0. The van der Waals surface area contributed by atoms with Gasteiger partial charge in [-0.2, -0.15) is 0 Å². The summed E-state index contributed by atoms with van der Waals surface area (Å²) in [5, 5.41) is 9.17. The van der Waals surface area contributed by atoms with Gasteiger partial charge >= 0.3 is 0 Å². The third kappa shape index (κ3) is 1.68. The van der Waals surface area contributed by atoms with Gasteiger partial charge in [0.1, 0.15) is 0 Å². The third-order valence-corrected chi connectivity index (χ3v) is 2.42. The predicted octanol–water partition coefficient (Wildman–Crippen LogP) is 1.80. The van der Waals surface area contributed by atoms with Crippen molar-refractivity contribution in [1.29, 1.82) is 0 Å². The van der Waals surface area contributed by atoms with Crippen molar-refractivity contribution in [2.75, 3.05) is 0 Å². The normalized spacial score (nSPS) is 39.0. The highest BCUT2D eigenvalue weighted by molar-refractivity contribution is 4.75. The van der Waals surface area contributed by atoms with Crippen LogP contribution in [0.1, 0.15) is 33.1 Å². The van der Waals surface area contributed by atoms with Crippen molar-refractivity contribution in [2.24, 2.45) is 11.8 Å². The van der Waals surface area contributed by atoms with E-state index in [2.05, 4.69) is 6.92 Å². The Hall–Kier alpha value is -0.0400. The van der Waals surface area contributed by atoms with Gasteiger partial charge in [0.05, 0.1) is 6.10 Å². The predicted molar refractivity (Wildman–Crippen MR) is 38.2 cm³/mol. The highest BCUT2D eigenvalue weighted by Gasteiger charge is 2.24. The van der Waals surface area contributed by atoms with Crippen LogP contribution in [-0.2, 0) is 0 Å². The second-order valence-corrected chi connectivity index (χ2v) is 3.42. The first-order valence-corrected chi connectivity index (χ1v) is 3.88. The molecule has 0 heterocycles. The minimum atomic E-state index is -0.0741. The highest BCUT2D eigenvalue weighted by atomic mass is 16.3. The maximum atomic E-state index is 9.17. The zero-order valence-electron chi connectivity index (χ0n) is 6.30. The fraction of sp³-hybridized carbons (Fsp3) is 1.00. The lowest BCUT2D eigenvalue weighted by molar-refractivity contribution is 0.127. The Morgan fingerprint density at radius 3 is 2.33 bits per heavy atom. The van der Waals surface area contributed by atoms with Crippen LogP contribution in [0.25, 0.3) is 0 Å². The molecule has 0 saturated heterocycles. The fourth-order valence-corrected chi connectivity index (χ4v) is 1.69. The Morgan fingerprint density at radius 1 is 1.44 bits per heavy atom. The molecule has 0 aliphatic heterocycles. The first-order chi connectivity index (χ1) is 4.20. The molecule has 9 heavy (non-hydrogen) atoms. The van der Waals surface area contributed by atoms with Gasteiger partial charge in [-0.05, 0) is 31.6 Å². The van der Waals surface area contributed by atoms with Crippen LogP contribution in [0.2, 0.25) is 0 Å². The molecule has 0 amide bonds. The molecule has 1 N–H and O–H groups in total. The van der Waals surface area contributed by atoms with E-state index in [9.17, 15) is 0 Å². The smallest absolute Gasteiger partial charge is 0.0540 e.